The molecule has 0 fully saturated rings. The molecule has 21 heavy (non-hydrogen) atoms. The number of aromatic amines is 1. The van der Waals surface area contributed by atoms with Crippen LogP contribution in [0.5, 0.6) is 0 Å². The highest BCUT2D eigenvalue weighted by Crippen LogP contribution is 2.33. The minimum absolute atomic E-state index is 0.372. The number of imidazole rings is 1. The SMILES string of the molecule is CCNC(Cc1ncc[nH]1)c1ccc(F)c(C(F)(F)F)c1. The fourth-order valence-electron chi connectivity index (χ4n) is 2.13. The Morgan fingerprint density at radius 2 is 2.10 bits per heavy atom. The summed E-state index contributed by atoms with van der Waals surface area (Å²) in [6.07, 6.45) is -1.10. The molecule has 0 aliphatic carbocycles. The molecule has 0 aliphatic rings. The summed E-state index contributed by atoms with van der Waals surface area (Å²) < 4.78 is 51.7. The Labute approximate surface area is 119 Å². The molecule has 0 saturated heterocycles. The quantitative estimate of drug-likeness (QED) is 0.830. The van der Waals surface area contributed by atoms with Gasteiger partial charge in [0.2, 0.25) is 0 Å². The third-order valence-electron chi connectivity index (χ3n) is 3.10. The molecule has 2 rings (SSSR count). The van der Waals surface area contributed by atoms with Crippen LogP contribution in [0.25, 0.3) is 0 Å². The van der Waals surface area contributed by atoms with Crippen molar-refractivity contribution in [3.05, 3.63) is 53.4 Å². The first-order valence-corrected chi connectivity index (χ1v) is 6.50. The summed E-state index contributed by atoms with van der Waals surface area (Å²) in [4.78, 5) is 6.97. The van der Waals surface area contributed by atoms with E-state index in [1.54, 1.807) is 12.4 Å². The van der Waals surface area contributed by atoms with Crippen molar-refractivity contribution in [3.63, 3.8) is 0 Å². The van der Waals surface area contributed by atoms with E-state index in [1.807, 2.05) is 6.92 Å². The van der Waals surface area contributed by atoms with Gasteiger partial charge in [0.15, 0.2) is 0 Å². The Hall–Kier alpha value is -1.89. The molecule has 0 saturated carbocycles. The molecule has 114 valence electrons. The number of H-pyrrole nitrogens is 1. The number of alkyl halides is 3. The van der Waals surface area contributed by atoms with Gasteiger partial charge in [-0.1, -0.05) is 13.0 Å². The first-order chi connectivity index (χ1) is 9.91. The largest absolute Gasteiger partial charge is 0.419 e. The number of nitrogens with one attached hydrogen (secondary N) is 2. The minimum atomic E-state index is -4.71. The summed E-state index contributed by atoms with van der Waals surface area (Å²) in [5, 5.41) is 3.09. The van der Waals surface area contributed by atoms with E-state index in [-0.39, 0.29) is 6.04 Å². The van der Waals surface area contributed by atoms with Crippen LogP contribution in [0.2, 0.25) is 0 Å². The summed E-state index contributed by atoms with van der Waals surface area (Å²) in [5.74, 6) is -0.613. The van der Waals surface area contributed by atoms with Crippen molar-refractivity contribution in [2.24, 2.45) is 0 Å². The maximum Gasteiger partial charge on any atom is 0.419 e. The molecule has 0 aliphatic heterocycles. The highest BCUT2D eigenvalue weighted by atomic mass is 19.4. The fraction of sp³-hybridized carbons (Fsp3) is 0.357. The average Bonchev–Trinajstić information content (AvgIpc) is 2.90. The summed E-state index contributed by atoms with van der Waals surface area (Å²) in [5.41, 5.74) is -0.871. The summed E-state index contributed by atoms with van der Waals surface area (Å²) >= 11 is 0. The van der Waals surface area contributed by atoms with Crippen LogP contribution in [0.15, 0.2) is 30.6 Å². The van der Waals surface area contributed by atoms with Gasteiger partial charge in [0.05, 0.1) is 5.56 Å². The zero-order valence-corrected chi connectivity index (χ0v) is 11.3. The smallest absolute Gasteiger partial charge is 0.349 e. The van der Waals surface area contributed by atoms with Crippen LogP contribution in [0.1, 0.15) is 29.9 Å². The van der Waals surface area contributed by atoms with Crippen molar-refractivity contribution >= 4 is 0 Å². The zero-order chi connectivity index (χ0) is 15.5. The lowest BCUT2D eigenvalue weighted by Crippen LogP contribution is -2.24. The third kappa shape index (κ3) is 3.81. The highest BCUT2D eigenvalue weighted by Gasteiger charge is 2.34. The molecular formula is C14H15F4N3. The molecule has 1 aromatic carbocycles. The summed E-state index contributed by atoms with van der Waals surface area (Å²) in [7, 11) is 0. The fourth-order valence-corrected chi connectivity index (χ4v) is 2.13. The molecule has 2 N–H and O–H groups in total. The molecule has 1 aromatic heterocycles. The van der Waals surface area contributed by atoms with Crippen LogP contribution in [0, 0.1) is 5.82 Å². The van der Waals surface area contributed by atoms with E-state index in [9.17, 15) is 17.6 Å². The zero-order valence-electron chi connectivity index (χ0n) is 11.3. The summed E-state index contributed by atoms with van der Waals surface area (Å²) in [6.45, 7) is 2.42. The van der Waals surface area contributed by atoms with Crippen molar-refractivity contribution in [2.75, 3.05) is 6.54 Å². The molecule has 0 bridgehead atoms. The molecule has 0 spiro atoms. The number of aromatic nitrogens is 2. The normalized spacial score (nSPS) is 13.4. The summed E-state index contributed by atoms with van der Waals surface area (Å²) in [6, 6.07) is 2.69. The number of halogens is 4. The van der Waals surface area contributed by atoms with Gasteiger partial charge in [-0.15, -0.1) is 0 Å². The Balaban J connectivity index is 2.32. The number of hydrogen-bond donors (Lipinski definition) is 2. The van der Waals surface area contributed by atoms with Crippen LogP contribution in [0.3, 0.4) is 0 Å². The van der Waals surface area contributed by atoms with Gasteiger partial charge in [-0.25, -0.2) is 9.37 Å². The number of rotatable bonds is 5. The first kappa shape index (κ1) is 15.5. The Bertz CT molecular complexity index is 578. The molecule has 0 amide bonds. The van der Waals surface area contributed by atoms with E-state index in [1.165, 1.54) is 6.07 Å². The van der Waals surface area contributed by atoms with Gasteiger partial charge in [0.25, 0.3) is 0 Å². The second-order valence-corrected chi connectivity index (χ2v) is 4.59. The Morgan fingerprint density at radius 3 is 2.67 bits per heavy atom. The minimum Gasteiger partial charge on any atom is -0.349 e. The Kier molecular flexibility index (Phi) is 4.62. The molecule has 3 nitrogen and oxygen atoms in total. The highest BCUT2D eigenvalue weighted by molar-refractivity contribution is 5.30. The van der Waals surface area contributed by atoms with E-state index in [0.29, 0.717) is 24.4 Å². The monoisotopic (exact) mass is 301 g/mol. The van der Waals surface area contributed by atoms with Gasteiger partial charge < -0.3 is 10.3 Å². The maximum atomic E-state index is 13.3. The van der Waals surface area contributed by atoms with Crippen molar-refractivity contribution < 1.29 is 17.6 Å². The van der Waals surface area contributed by atoms with Gasteiger partial charge in [-0.3, -0.25) is 0 Å². The predicted molar refractivity (Wildman–Crippen MR) is 70.1 cm³/mol. The van der Waals surface area contributed by atoms with Crippen molar-refractivity contribution in [1.29, 1.82) is 0 Å². The van der Waals surface area contributed by atoms with Gasteiger partial charge in [-0.2, -0.15) is 13.2 Å². The second-order valence-electron chi connectivity index (χ2n) is 4.59. The van der Waals surface area contributed by atoms with Crippen molar-refractivity contribution in [2.45, 2.75) is 25.6 Å². The topological polar surface area (TPSA) is 40.7 Å². The van der Waals surface area contributed by atoms with Crippen LogP contribution in [-0.4, -0.2) is 16.5 Å². The van der Waals surface area contributed by atoms with Crippen LogP contribution < -0.4 is 5.32 Å². The van der Waals surface area contributed by atoms with Gasteiger partial charge in [-0.05, 0) is 24.2 Å². The van der Waals surface area contributed by atoms with E-state index in [2.05, 4.69) is 15.3 Å². The Morgan fingerprint density at radius 1 is 1.33 bits per heavy atom. The average molecular weight is 301 g/mol. The molecule has 7 heteroatoms. The van der Waals surface area contributed by atoms with E-state index >= 15 is 0 Å². The number of likely N-dealkylation sites (N-methyl/N-ethyl adjacent to an activating group) is 1. The third-order valence-corrected chi connectivity index (χ3v) is 3.10. The molecule has 1 atom stereocenters. The second kappa shape index (κ2) is 6.26. The van der Waals surface area contributed by atoms with Gasteiger partial charge in [0, 0.05) is 24.9 Å². The van der Waals surface area contributed by atoms with E-state index in [4.69, 9.17) is 0 Å². The molecule has 1 unspecified atom stereocenters. The molecule has 1 heterocycles. The van der Waals surface area contributed by atoms with Crippen LogP contribution in [-0.2, 0) is 12.6 Å². The number of hydrogen-bond acceptors (Lipinski definition) is 2. The van der Waals surface area contributed by atoms with Crippen molar-refractivity contribution in [3.8, 4) is 0 Å². The number of nitrogens with zero attached hydrogens (tertiary/aromatic N) is 1. The predicted octanol–water partition coefficient (Wildman–Crippen LogP) is 3.46. The molecular weight excluding hydrogens is 286 g/mol. The van der Waals surface area contributed by atoms with Crippen LogP contribution in [0.4, 0.5) is 17.6 Å². The van der Waals surface area contributed by atoms with E-state index in [0.717, 1.165) is 12.1 Å². The molecule has 0 radical (unpaired) electrons. The first-order valence-electron chi connectivity index (χ1n) is 6.50. The van der Waals surface area contributed by atoms with Gasteiger partial charge >= 0.3 is 6.18 Å². The van der Waals surface area contributed by atoms with Crippen LogP contribution >= 0.6 is 0 Å². The van der Waals surface area contributed by atoms with E-state index < -0.39 is 17.6 Å². The lowest BCUT2D eigenvalue weighted by molar-refractivity contribution is -0.140. The number of benzene rings is 1. The van der Waals surface area contributed by atoms with Crippen molar-refractivity contribution in [1.82, 2.24) is 15.3 Å². The van der Waals surface area contributed by atoms with Gasteiger partial charge in [0.1, 0.15) is 11.6 Å². The lowest BCUT2D eigenvalue weighted by Gasteiger charge is -2.19. The lowest BCUT2D eigenvalue weighted by atomic mass is 10.00. The molecule has 2 aromatic rings. The standard InChI is InChI=1S/C14H15F4N3/c1-2-19-12(8-13-20-5-6-21-13)9-3-4-11(15)10(7-9)14(16,17)18/h3-7,12,19H,2,8H2,1H3,(H,20,21). The maximum absolute atomic E-state index is 13.3.